The minimum atomic E-state index is 0.677. The molecule has 74 valence electrons. The van der Waals surface area contributed by atoms with Crippen LogP contribution in [0.4, 0.5) is 0 Å². The molecule has 0 saturated heterocycles. The first-order valence-corrected chi connectivity index (χ1v) is 4.64. The lowest BCUT2D eigenvalue weighted by Crippen LogP contribution is -2.21. The lowest BCUT2D eigenvalue weighted by atomic mass is 10.3. The maximum atomic E-state index is 8.78. The van der Waals surface area contributed by atoms with Crippen LogP contribution in [0.3, 0.4) is 0 Å². The monoisotopic (exact) mass is 189 g/mol. The van der Waals surface area contributed by atoms with E-state index in [0.29, 0.717) is 12.4 Å². The van der Waals surface area contributed by atoms with Gasteiger partial charge in [0.25, 0.3) is 0 Å². The van der Waals surface area contributed by atoms with Gasteiger partial charge in [-0.05, 0) is 12.5 Å². The summed E-state index contributed by atoms with van der Waals surface area (Å²) < 4.78 is 0. The molecule has 0 aromatic heterocycles. The molecule has 0 aliphatic carbocycles. The average molecular weight is 189 g/mol. The van der Waals surface area contributed by atoms with Crippen LogP contribution in [0.5, 0.6) is 0 Å². The second-order valence-corrected chi connectivity index (χ2v) is 3.24. The van der Waals surface area contributed by atoms with Gasteiger partial charge in [-0.1, -0.05) is 19.6 Å². The Balaban J connectivity index is 2.66. The first kappa shape index (κ1) is 10.4. The molecule has 3 nitrogen and oxygen atoms in total. The van der Waals surface area contributed by atoms with E-state index in [1.165, 1.54) is 0 Å². The van der Waals surface area contributed by atoms with Crippen molar-refractivity contribution in [2.45, 2.75) is 13.3 Å². The molecule has 14 heavy (non-hydrogen) atoms. The minimum absolute atomic E-state index is 0.677. The van der Waals surface area contributed by atoms with Crippen molar-refractivity contribution in [3.63, 3.8) is 0 Å². The topological polar surface area (TPSA) is 30.3 Å². The van der Waals surface area contributed by atoms with Crippen molar-refractivity contribution in [3.05, 3.63) is 36.3 Å². The van der Waals surface area contributed by atoms with E-state index < -0.39 is 0 Å². The molecule has 0 bridgehead atoms. The van der Waals surface area contributed by atoms with Gasteiger partial charge < -0.3 is 9.80 Å². The van der Waals surface area contributed by atoms with E-state index in [1.807, 2.05) is 29.1 Å². The van der Waals surface area contributed by atoms with Crippen LogP contribution in [0.1, 0.15) is 13.3 Å². The van der Waals surface area contributed by atoms with Gasteiger partial charge in [0, 0.05) is 18.9 Å². The highest BCUT2D eigenvalue weighted by Gasteiger charge is 2.17. The van der Waals surface area contributed by atoms with Gasteiger partial charge in [-0.15, -0.1) is 0 Å². The molecule has 0 aromatic carbocycles. The maximum Gasteiger partial charge on any atom is 0.133 e. The van der Waals surface area contributed by atoms with E-state index in [-0.39, 0.29) is 0 Å². The molecule has 0 saturated carbocycles. The average Bonchev–Trinajstić information content (AvgIpc) is 2.56. The third-order valence-corrected chi connectivity index (χ3v) is 2.08. The van der Waals surface area contributed by atoms with Gasteiger partial charge in [0.15, 0.2) is 0 Å². The van der Waals surface area contributed by atoms with Crippen molar-refractivity contribution in [2.24, 2.45) is 0 Å². The van der Waals surface area contributed by atoms with Crippen molar-refractivity contribution in [1.82, 2.24) is 9.80 Å². The normalized spacial score (nSPS) is 15.9. The highest BCUT2D eigenvalue weighted by atomic mass is 15.3. The zero-order valence-electron chi connectivity index (χ0n) is 8.70. The molecular formula is C11H15N3. The molecule has 0 atom stereocenters. The number of hydrogen-bond donors (Lipinski definition) is 0. The van der Waals surface area contributed by atoms with Gasteiger partial charge in [-0.25, -0.2) is 0 Å². The summed E-state index contributed by atoms with van der Waals surface area (Å²) in [5.41, 5.74) is 1.60. The van der Waals surface area contributed by atoms with Crippen molar-refractivity contribution in [3.8, 4) is 6.07 Å². The fourth-order valence-electron chi connectivity index (χ4n) is 1.23. The van der Waals surface area contributed by atoms with Crippen LogP contribution < -0.4 is 0 Å². The molecule has 0 unspecified atom stereocenters. The Bertz CT molecular complexity index is 320. The highest BCUT2D eigenvalue weighted by molar-refractivity contribution is 5.27. The second kappa shape index (κ2) is 4.52. The first-order chi connectivity index (χ1) is 6.69. The summed E-state index contributed by atoms with van der Waals surface area (Å²) in [6.45, 7) is 6.72. The van der Waals surface area contributed by atoms with Gasteiger partial charge >= 0.3 is 0 Å². The van der Waals surface area contributed by atoms with E-state index in [4.69, 9.17) is 5.26 Å². The number of nitriles is 1. The van der Waals surface area contributed by atoms with Crippen molar-refractivity contribution >= 4 is 0 Å². The molecular weight excluding hydrogens is 174 g/mol. The van der Waals surface area contributed by atoms with Crippen LogP contribution in [0.25, 0.3) is 0 Å². The van der Waals surface area contributed by atoms with Crippen LogP contribution in [-0.4, -0.2) is 23.5 Å². The summed E-state index contributed by atoms with van der Waals surface area (Å²) in [6.07, 6.45) is 6.85. The summed E-state index contributed by atoms with van der Waals surface area (Å²) >= 11 is 0. The molecule has 0 fully saturated rings. The summed E-state index contributed by atoms with van der Waals surface area (Å²) in [5.74, 6) is 0. The number of allylic oxidation sites excluding steroid dienone is 3. The largest absolute Gasteiger partial charge is 0.347 e. The fraction of sp³-hybridized carbons (Fsp3) is 0.364. The van der Waals surface area contributed by atoms with Crippen LogP contribution in [0.15, 0.2) is 36.3 Å². The van der Waals surface area contributed by atoms with Crippen LogP contribution in [-0.2, 0) is 0 Å². The first-order valence-electron chi connectivity index (χ1n) is 4.64. The van der Waals surface area contributed by atoms with E-state index in [9.17, 15) is 0 Å². The number of hydrogen-bond acceptors (Lipinski definition) is 3. The standard InChI is InChI=1S/C11H15N3/c1-4-5-6-10(2)14-8-11(7-12)13(3)9-14/h5-6,8H,2,4,9H2,1,3H3/b6-5-. The number of rotatable bonds is 3. The van der Waals surface area contributed by atoms with Crippen LogP contribution in [0, 0.1) is 11.3 Å². The summed E-state index contributed by atoms with van der Waals surface area (Å²) in [6, 6.07) is 2.13. The van der Waals surface area contributed by atoms with Crippen LogP contribution in [0.2, 0.25) is 0 Å². The quantitative estimate of drug-likeness (QED) is 0.636. The lowest BCUT2D eigenvalue weighted by Gasteiger charge is -2.18. The Morgan fingerprint density at radius 1 is 1.79 bits per heavy atom. The molecule has 1 aliphatic heterocycles. The van der Waals surface area contributed by atoms with Crippen molar-refractivity contribution in [2.75, 3.05) is 13.7 Å². The fourth-order valence-corrected chi connectivity index (χ4v) is 1.23. The van der Waals surface area contributed by atoms with E-state index in [2.05, 4.69) is 25.6 Å². The maximum absolute atomic E-state index is 8.78. The third-order valence-electron chi connectivity index (χ3n) is 2.08. The van der Waals surface area contributed by atoms with E-state index in [1.54, 1.807) is 0 Å². The zero-order chi connectivity index (χ0) is 10.6. The summed E-state index contributed by atoms with van der Waals surface area (Å²) in [4.78, 5) is 3.86. The molecule has 0 amide bonds. The van der Waals surface area contributed by atoms with Crippen molar-refractivity contribution in [1.29, 1.82) is 5.26 Å². The Morgan fingerprint density at radius 2 is 2.50 bits per heavy atom. The highest BCUT2D eigenvalue weighted by Crippen LogP contribution is 2.17. The SMILES string of the molecule is C=C(/C=C\CC)N1C=C(C#N)N(C)C1. The Labute approximate surface area is 85.2 Å². The smallest absolute Gasteiger partial charge is 0.133 e. The summed E-state index contributed by atoms with van der Waals surface area (Å²) in [5, 5.41) is 8.78. The molecule has 1 aliphatic rings. The van der Waals surface area contributed by atoms with Gasteiger partial charge in [-0.2, -0.15) is 5.26 Å². The van der Waals surface area contributed by atoms with Gasteiger partial charge in [0.05, 0.1) is 6.67 Å². The predicted octanol–water partition coefficient (Wildman–Crippen LogP) is 2.04. The number of nitrogens with zero attached hydrogens (tertiary/aromatic N) is 3. The molecule has 0 N–H and O–H groups in total. The zero-order valence-corrected chi connectivity index (χ0v) is 8.70. The van der Waals surface area contributed by atoms with Gasteiger partial charge in [-0.3, -0.25) is 0 Å². The lowest BCUT2D eigenvalue weighted by molar-refractivity contribution is 0.344. The molecule has 1 heterocycles. The Hall–Kier alpha value is -1.69. The van der Waals surface area contributed by atoms with Gasteiger partial charge in [0.2, 0.25) is 0 Å². The van der Waals surface area contributed by atoms with Gasteiger partial charge in [0.1, 0.15) is 11.8 Å². The Morgan fingerprint density at radius 3 is 3.00 bits per heavy atom. The van der Waals surface area contributed by atoms with E-state index in [0.717, 1.165) is 12.1 Å². The molecule has 3 heteroatoms. The molecule has 0 aromatic rings. The minimum Gasteiger partial charge on any atom is -0.347 e. The summed E-state index contributed by atoms with van der Waals surface area (Å²) in [7, 11) is 1.89. The third kappa shape index (κ3) is 2.17. The molecule has 0 radical (unpaired) electrons. The van der Waals surface area contributed by atoms with Crippen LogP contribution >= 0.6 is 0 Å². The Kier molecular flexibility index (Phi) is 3.35. The van der Waals surface area contributed by atoms with Crippen molar-refractivity contribution < 1.29 is 0 Å². The van der Waals surface area contributed by atoms with E-state index >= 15 is 0 Å². The molecule has 1 rings (SSSR count). The predicted molar refractivity (Wildman–Crippen MR) is 56.7 cm³/mol. The second-order valence-electron chi connectivity index (χ2n) is 3.24. The molecule has 0 spiro atoms.